The zero-order valence-corrected chi connectivity index (χ0v) is 9.65. The fourth-order valence-electron chi connectivity index (χ4n) is 0.736. The van der Waals surface area contributed by atoms with Crippen molar-refractivity contribution in [1.82, 2.24) is 0 Å². The summed E-state index contributed by atoms with van der Waals surface area (Å²) in [5, 5.41) is 0. The van der Waals surface area contributed by atoms with Crippen LogP contribution in [0.1, 0.15) is 0 Å². The Morgan fingerprint density at radius 3 is 1.95 bits per heavy atom. The van der Waals surface area contributed by atoms with Crippen LogP contribution in [-0.4, -0.2) is 50.9 Å². The number of methoxy groups -OCH3 is 1. The maximum absolute atomic E-state index is 12.8. The summed E-state index contributed by atoms with van der Waals surface area (Å²) in [4.78, 5) is 10.5. The van der Waals surface area contributed by atoms with Crippen molar-refractivity contribution < 1.29 is 54.1 Å². The van der Waals surface area contributed by atoms with E-state index < -0.39 is 43.7 Å². The number of halogens is 8. The average Bonchev–Trinajstić information content (AvgIpc) is 2.31. The summed E-state index contributed by atoms with van der Waals surface area (Å²) >= 11 is 0. The molecule has 0 N–H and O–H groups in total. The first-order chi connectivity index (χ1) is 8.82. The van der Waals surface area contributed by atoms with Crippen LogP contribution in [0.3, 0.4) is 0 Å². The van der Waals surface area contributed by atoms with Gasteiger partial charge in [-0.25, -0.2) is 9.18 Å². The Bertz CT molecular complexity index is 329. The van der Waals surface area contributed by atoms with Crippen LogP contribution in [0.15, 0.2) is 0 Å². The summed E-state index contributed by atoms with van der Waals surface area (Å²) in [5.41, 5.74) is 0. The van der Waals surface area contributed by atoms with E-state index >= 15 is 0 Å². The van der Waals surface area contributed by atoms with Gasteiger partial charge in [-0.05, 0) is 0 Å². The highest BCUT2D eigenvalue weighted by atomic mass is 19.4. The number of carbonyl (C=O) groups is 1. The van der Waals surface area contributed by atoms with Gasteiger partial charge in [0.15, 0.2) is 0 Å². The van der Waals surface area contributed by atoms with Gasteiger partial charge in [-0.3, -0.25) is 4.74 Å². The van der Waals surface area contributed by atoms with E-state index in [0.29, 0.717) is 7.11 Å². The summed E-state index contributed by atoms with van der Waals surface area (Å²) in [6, 6.07) is 0. The van der Waals surface area contributed by atoms with Gasteiger partial charge in [-0.1, -0.05) is 0 Å². The van der Waals surface area contributed by atoms with Crippen LogP contribution in [0.2, 0.25) is 0 Å². The van der Waals surface area contributed by atoms with Gasteiger partial charge in [0.2, 0.25) is 6.17 Å². The first-order valence-electron chi connectivity index (χ1n) is 4.64. The minimum absolute atomic E-state index is 0.693. The average molecular weight is 320 g/mol. The molecule has 0 aromatic rings. The molecule has 1 unspecified atom stereocenters. The standard InChI is InChI=1S/C8H8F8O4/c1-18-5(17)4(9)2-19-7(12,13)6(10,11)3-20-8(14,15)16/h4H,2-3H2,1H3. The molecule has 0 spiro atoms. The fourth-order valence-corrected chi connectivity index (χ4v) is 0.736. The van der Waals surface area contributed by atoms with Gasteiger partial charge >= 0.3 is 24.4 Å². The molecule has 0 radical (unpaired) electrons. The predicted octanol–water partition coefficient (Wildman–Crippen LogP) is 2.28. The molecule has 0 bridgehead atoms. The zero-order valence-electron chi connectivity index (χ0n) is 9.65. The van der Waals surface area contributed by atoms with Crippen LogP contribution in [0, 0.1) is 0 Å². The molecule has 0 aromatic heterocycles. The normalized spacial score (nSPS) is 15.1. The Labute approximate surface area is 106 Å². The lowest BCUT2D eigenvalue weighted by molar-refractivity contribution is -0.394. The lowest BCUT2D eigenvalue weighted by Gasteiger charge is -2.26. The Hall–Kier alpha value is -1.17. The van der Waals surface area contributed by atoms with Gasteiger partial charge < -0.3 is 9.47 Å². The van der Waals surface area contributed by atoms with Gasteiger partial charge in [0.05, 0.1) is 13.7 Å². The van der Waals surface area contributed by atoms with Crippen LogP contribution in [0.5, 0.6) is 0 Å². The summed E-state index contributed by atoms with van der Waals surface area (Å²) < 4.78 is 108. The Balaban J connectivity index is 4.56. The highest BCUT2D eigenvalue weighted by molar-refractivity contribution is 5.74. The second kappa shape index (κ2) is 6.52. The van der Waals surface area contributed by atoms with Crippen molar-refractivity contribution in [2.75, 3.05) is 20.3 Å². The van der Waals surface area contributed by atoms with E-state index in [1.165, 1.54) is 0 Å². The molecule has 0 saturated carbocycles. The highest BCUT2D eigenvalue weighted by Crippen LogP contribution is 2.37. The summed E-state index contributed by atoms with van der Waals surface area (Å²) in [7, 11) is 0.693. The second-order valence-corrected chi connectivity index (χ2v) is 3.26. The molecule has 4 nitrogen and oxygen atoms in total. The molecule has 1 atom stereocenters. The number of hydrogen-bond acceptors (Lipinski definition) is 4. The maximum atomic E-state index is 12.8. The summed E-state index contributed by atoms with van der Waals surface area (Å²) in [6.07, 6.45) is -13.8. The van der Waals surface area contributed by atoms with Crippen molar-refractivity contribution in [2.45, 2.75) is 24.6 Å². The zero-order chi connectivity index (χ0) is 16.2. The molecular formula is C8H8F8O4. The Kier molecular flexibility index (Phi) is 6.14. The molecule has 0 saturated heterocycles. The van der Waals surface area contributed by atoms with Gasteiger partial charge in [0, 0.05) is 0 Å². The van der Waals surface area contributed by atoms with Gasteiger partial charge in [0.1, 0.15) is 6.61 Å². The molecule has 0 heterocycles. The molecule has 0 aliphatic carbocycles. The molecule has 0 fully saturated rings. The van der Waals surface area contributed by atoms with E-state index in [4.69, 9.17) is 0 Å². The highest BCUT2D eigenvalue weighted by Gasteiger charge is 2.60. The second-order valence-electron chi connectivity index (χ2n) is 3.26. The van der Waals surface area contributed by atoms with Crippen LogP contribution in [0.4, 0.5) is 35.1 Å². The van der Waals surface area contributed by atoms with E-state index in [-0.39, 0.29) is 0 Å². The number of rotatable bonds is 7. The molecule has 0 aliphatic heterocycles. The lowest BCUT2D eigenvalue weighted by atomic mass is 10.3. The third-order valence-corrected chi connectivity index (χ3v) is 1.71. The Morgan fingerprint density at radius 1 is 1.05 bits per heavy atom. The first-order valence-corrected chi connectivity index (χ1v) is 4.64. The monoisotopic (exact) mass is 320 g/mol. The van der Waals surface area contributed by atoms with E-state index in [1.807, 2.05) is 0 Å². The number of hydrogen-bond donors (Lipinski definition) is 0. The minimum Gasteiger partial charge on any atom is -0.467 e. The molecule has 0 amide bonds. The van der Waals surface area contributed by atoms with Crippen molar-refractivity contribution in [2.24, 2.45) is 0 Å². The van der Waals surface area contributed by atoms with Crippen LogP contribution in [0.25, 0.3) is 0 Å². The molecule has 0 aliphatic rings. The van der Waals surface area contributed by atoms with Crippen LogP contribution >= 0.6 is 0 Å². The van der Waals surface area contributed by atoms with Gasteiger partial charge in [0.25, 0.3) is 0 Å². The van der Waals surface area contributed by atoms with Crippen molar-refractivity contribution in [3.8, 4) is 0 Å². The largest absolute Gasteiger partial charge is 0.522 e. The summed E-state index contributed by atoms with van der Waals surface area (Å²) in [5.74, 6) is -7.06. The van der Waals surface area contributed by atoms with Crippen molar-refractivity contribution in [3.63, 3.8) is 0 Å². The lowest BCUT2D eigenvalue weighted by Crippen LogP contribution is -2.48. The van der Waals surface area contributed by atoms with E-state index in [9.17, 15) is 39.9 Å². The number of esters is 1. The molecular weight excluding hydrogens is 312 g/mol. The Morgan fingerprint density at radius 2 is 1.55 bits per heavy atom. The molecule has 0 aromatic carbocycles. The van der Waals surface area contributed by atoms with Crippen molar-refractivity contribution in [1.29, 1.82) is 0 Å². The van der Waals surface area contributed by atoms with Gasteiger partial charge in [-0.15, -0.1) is 13.2 Å². The molecule has 20 heavy (non-hydrogen) atoms. The molecule has 12 heteroatoms. The number of ether oxygens (including phenoxy) is 3. The van der Waals surface area contributed by atoms with E-state index in [0.717, 1.165) is 0 Å². The van der Waals surface area contributed by atoms with Crippen LogP contribution < -0.4 is 0 Å². The quantitative estimate of drug-likeness (QED) is 0.533. The smallest absolute Gasteiger partial charge is 0.467 e. The van der Waals surface area contributed by atoms with E-state index in [2.05, 4.69) is 14.2 Å². The fraction of sp³-hybridized carbons (Fsp3) is 0.875. The topological polar surface area (TPSA) is 44.8 Å². The van der Waals surface area contributed by atoms with Crippen molar-refractivity contribution >= 4 is 5.97 Å². The third-order valence-electron chi connectivity index (χ3n) is 1.71. The minimum atomic E-state index is -5.56. The molecule has 120 valence electrons. The number of alkyl halides is 8. The van der Waals surface area contributed by atoms with Crippen LogP contribution in [-0.2, 0) is 19.0 Å². The van der Waals surface area contributed by atoms with Crippen molar-refractivity contribution in [3.05, 3.63) is 0 Å². The molecule has 0 rings (SSSR count). The predicted molar refractivity (Wildman–Crippen MR) is 44.8 cm³/mol. The number of carbonyl (C=O) groups excluding carboxylic acids is 1. The van der Waals surface area contributed by atoms with Gasteiger partial charge in [-0.2, -0.15) is 17.6 Å². The summed E-state index contributed by atoms with van der Waals surface area (Å²) in [6.45, 7) is -4.57. The SMILES string of the molecule is COC(=O)C(F)COC(F)(F)C(F)(F)COC(F)(F)F. The van der Waals surface area contributed by atoms with E-state index in [1.54, 1.807) is 0 Å². The maximum Gasteiger partial charge on any atom is 0.522 e. The first kappa shape index (κ1) is 18.8. The third kappa shape index (κ3) is 5.86.